The summed E-state index contributed by atoms with van der Waals surface area (Å²) in [6.07, 6.45) is 6.44. The maximum absolute atomic E-state index is 12.1. The second-order valence-electron chi connectivity index (χ2n) is 8.52. The van der Waals surface area contributed by atoms with Crippen LogP contribution in [0.1, 0.15) is 65.9 Å². The molecular formula is C19H34N4O2. The number of amides is 1. The Hall–Kier alpha value is -1.56. The van der Waals surface area contributed by atoms with Crippen LogP contribution in [0.3, 0.4) is 0 Å². The summed E-state index contributed by atoms with van der Waals surface area (Å²) in [7, 11) is 1.83. The number of hydrogen-bond donors (Lipinski definition) is 2. The molecule has 0 aromatic carbocycles. The first-order valence-electron chi connectivity index (χ1n) is 9.40. The van der Waals surface area contributed by atoms with Gasteiger partial charge in [-0.25, -0.2) is 4.79 Å². The maximum Gasteiger partial charge on any atom is 0.413 e. The van der Waals surface area contributed by atoms with Gasteiger partial charge in [-0.2, -0.15) is 5.10 Å². The Balaban J connectivity index is 1.93. The number of anilines is 1. The van der Waals surface area contributed by atoms with Gasteiger partial charge in [-0.3, -0.25) is 10.00 Å². The molecule has 0 aliphatic heterocycles. The van der Waals surface area contributed by atoms with Crippen molar-refractivity contribution in [3.8, 4) is 0 Å². The van der Waals surface area contributed by atoms with Crippen molar-refractivity contribution in [3.63, 3.8) is 0 Å². The van der Waals surface area contributed by atoms with Crippen molar-refractivity contribution in [2.45, 2.75) is 78.5 Å². The van der Waals surface area contributed by atoms with Gasteiger partial charge in [0.25, 0.3) is 0 Å². The maximum atomic E-state index is 12.1. The summed E-state index contributed by atoms with van der Waals surface area (Å²) in [5, 5.41) is 10.8. The molecule has 0 radical (unpaired) electrons. The highest BCUT2D eigenvalue weighted by Gasteiger charge is 2.24. The molecule has 2 rings (SSSR count). The number of nitrogens with one attached hydrogen (secondary N) is 2. The molecule has 1 aromatic rings. The van der Waals surface area contributed by atoms with Crippen LogP contribution in [0.4, 0.5) is 10.6 Å². The van der Waals surface area contributed by atoms with Gasteiger partial charge in [-0.1, -0.05) is 26.7 Å². The van der Waals surface area contributed by atoms with Crippen LogP contribution in [0, 0.1) is 11.8 Å². The van der Waals surface area contributed by atoms with E-state index in [0.29, 0.717) is 18.4 Å². The highest BCUT2D eigenvalue weighted by molar-refractivity contribution is 5.84. The molecule has 1 aliphatic rings. The first-order valence-corrected chi connectivity index (χ1v) is 9.40. The lowest BCUT2D eigenvalue weighted by molar-refractivity contribution is 0.0634. The zero-order valence-corrected chi connectivity index (χ0v) is 16.6. The lowest BCUT2D eigenvalue weighted by Gasteiger charge is -2.32. The van der Waals surface area contributed by atoms with E-state index in [9.17, 15) is 4.79 Å². The molecule has 2 N–H and O–H groups in total. The van der Waals surface area contributed by atoms with Crippen molar-refractivity contribution in [2.24, 2.45) is 18.9 Å². The predicted octanol–water partition coefficient (Wildman–Crippen LogP) is 4.07. The molecule has 0 saturated heterocycles. The Morgan fingerprint density at radius 1 is 1.40 bits per heavy atom. The van der Waals surface area contributed by atoms with Crippen molar-refractivity contribution < 1.29 is 9.53 Å². The van der Waals surface area contributed by atoms with Gasteiger partial charge in [0.15, 0.2) is 0 Å². The van der Waals surface area contributed by atoms with Gasteiger partial charge in [0.1, 0.15) is 11.4 Å². The number of aromatic nitrogens is 2. The summed E-state index contributed by atoms with van der Waals surface area (Å²) in [5.41, 5.74) is 0.467. The number of nitrogens with zero attached hydrogens (tertiary/aromatic N) is 2. The summed E-state index contributed by atoms with van der Waals surface area (Å²) >= 11 is 0. The molecule has 6 heteroatoms. The average molecular weight is 351 g/mol. The van der Waals surface area contributed by atoms with Crippen LogP contribution in [-0.4, -0.2) is 27.5 Å². The molecular weight excluding hydrogens is 316 g/mol. The molecule has 142 valence electrons. The third kappa shape index (κ3) is 6.03. The molecule has 1 heterocycles. The van der Waals surface area contributed by atoms with Crippen molar-refractivity contribution in [1.29, 1.82) is 0 Å². The largest absolute Gasteiger partial charge is 0.444 e. The molecule has 1 amide bonds. The van der Waals surface area contributed by atoms with E-state index in [-0.39, 0.29) is 0 Å². The van der Waals surface area contributed by atoms with Gasteiger partial charge in [0.05, 0.1) is 6.20 Å². The summed E-state index contributed by atoms with van der Waals surface area (Å²) in [5.74, 6) is 2.24. The summed E-state index contributed by atoms with van der Waals surface area (Å²) in [6, 6.07) is 0.538. The number of hydrogen-bond acceptors (Lipinski definition) is 4. The first-order chi connectivity index (χ1) is 11.7. The van der Waals surface area contributed by atoms with Crippen LogP contribution in [0.15, 0.2) is 6.20 Å². The molecule has 25 heavy (non-hydrogen) atoms. The van der Waals surface area contributed by atoms with Crippen LogP contribution in [0.25, 0.3) is 0 Å². The van der Waals surface area contributed by atoms with E-state index >= 15 is 0 Å². The van der Waals surface area contributed by atoms with Gasteiger partial charge < -0.3 is 10.1 Å². The zero-order valence-electron chi connectivity index (χ0n) is 16.6. The summed E-state index contributed by atoms with van der Waals surface area (Å²) in [4.78, 5) is 12.1. The van der Waals surface area contributed by atoms with Crippen LogP contribution in [0.5, 0.6) is 0 Å². The van der Waals surface area contributed by atoms with E-state index in [1.807, 2.05) is 34.0 Å². The van der Waals surface area contributed by atoms with Gasteiger partial charge >= 0.3 is 6.09 Å². The fourth-order valence-corrected chi connectivity index (χ4v) is 3.45. The number of rotatable bonds is 5. The molecule has 0 bridgehead atoms. The first kappa shape index (κ1) is 19.8. The van der Waals surface area contributed by atoms with E-state index in [0.717, 1.165) is 17.4 Å². The van der Waals surface area contributed by atoms with Gasteiger partial charge in [-0.15, -0.1) is 0 Å². The predicted molar refractivity (Wildman–Crippen MR) is 100 cm³/mol. The molecule has 1 saturated carbocycles. The fourth-order valence-electron chi connectivity index (χ4n) is 3.45. The van der Waals surface area contributed by atoms with Crippen molar-refractivity contribution >= 4 is 11.9 Å². The van der Waals surface area contributed by atoms with Gasteiger partial charge in [-0.05, 0) is 45.4 Å². The summed E-state index contributed by atoms with van der Waals surface area (Å²) < 4.78 is 7.02. The van der Waals surface area contributed by atoms with Crippen LogP contribution >= 0.6 is 0 Å². The van der Waals surface area contributed by atoms with Crippen molar-refractivity contribution in [1.82, 2.24) is 15.1 Å². The van der Waals surface area contributed by atoms with Crippen molar-refractivity contribution in [3.05, 3.63) is 11.8 Å². The minimum absolute atomic E-state index is 0.449. The minimum Gasteiger partial charge on any atom is -0.444 e. The Bertz CT molecular complexity index is 574. The third-order valence-electron chi connectivity index (χ3n) is 4.87. The SMILES string of the molecule is CC(C)C1CCCC(NCc2cnn(C)c2NC(=O)OC(C)(C)C)C1. The molecule has 0 spiro atoms. The Kier molecular flexibility index (Phi) is 6.49. The smallest absolute Gasteiger partial charge is 0.413 e. The number of carbonyl (C=O) groups excluding carboxylic acids is 1. The fraction of sp³-hybridized carbons (Fsp3) is 0.789. The number of aryl methyl sites for hydroxylation is 1. The Morgan fingerprint density at radius 3 is 2.76 bits per heavy atom. The number of ether oxygens (including phenoxy) is 1. The van der Waals surface area contributed by atoms with Crippen LogP contribution < -0.4 is 10.6 Å². The average Bonchev–Trinajstić information content (AvgIpc) is 2.84. The quantitative estimate of drug-likeness (QED) is 0.840. The van der Waals surface area contributed by atoms with E-state index in [1.165, 1.54) is 25.7 Å². The molecule has 1 fully saturated rings. The lowest BCUT2D eigenvalue weighted by atomic mass is 9.79. The molecule has 1 aromatic heterocycles. The molecule has 6 nitrogen and oxygen atoms in total. The summed E-state index contributed by atoms with van der Waals surface area (Å²) in [6.45, 7) is 10.9. The highest BCUT2D eigenvalue weighted by Crippen LogP contribution is 2.30. The molecule has 1 aliphatic carbocycles. The zero-order chi connectivity index (χ0) is 18.6. The van der Waals surface area contributed by atoms with Crippen molar-refractivity contribution in [2.75, 3.05) is 5.32 Å². The van der Waals surface area contributed by atoms with Gasteiger partial charge in [0, 0.05) is 25.2 Å². The second kappa shape index (κ2) is 8.21. The van der Waals surface area contributed by atoms with E-state index in [1.54, 1.807) is 4.68 Å². The second-order valence-corrected chi connectivity index (χ2v) is 8.52. The van der Waals surface area contributed by atoms with E-state index in [4.69, 9.17) is 4.74 Å². The third-order valence-corrected chi connectivity index (χ3v) is 4.87. The lowest BCUT2D eigenvalue weighted by Crippen LogP contribution is -2.35. The highest BCUT2D eigenvalue weighted by atomic mass is 16.6. The monoisotopic (exact) mass is 350 g/mol. The Labute approximate surface area is 151 Å². The topological polar surface area (TPSA) is 68.2 Å². The van der Waals surface area contributed by atoms with Crippen LogP contribution in [0.2, 0.25) is 0 Å². The van der Waals surface area contributed by atoms with E-state index < -0.39 is 11.7 Å². The molecule has 2 unspecified atom stereocenters. The van der Waals surface area contributed by atoms with Gasteiger partial charge in [0.2, 0.25) is 0 Å². The van der Waals surface area contributed by atoms with E-state index in [2.05, 4.69) is 29.6 Å². The van der Waals surface area contributed by atoms with Crippen LogP contribution in [-0.2, 0) is 18.3 Å². The standard InChI is InChI=1S/C19H34N4O2/c1-13(2)14-8-7-9-16(10-14)20-11-15-12-21-23(6)17(15)22-18(24)25-19(3,4)5/h12-14,16,20H,7-11H2,1-6H3,(H,22,24). The Morgan fingerprint density at radius 2 is 2.12 bits per heavy atom. The number of carbonyl (C=O) groups is 1. The molecule has 2 atom stereocenters. The normalized spacial score (nSPS) is 21.4. The minimum atomic E-state index is -0.519.